The number of benzene rings is 2. The molecule has 2 heterocycles. The Kier molecular flexibility index (Phi) is 3.63. The highest BCUT2D eigenvalue weighted by molar-refractivity contribution is 7.18. The van der Waals surface area contributed by atoms with Gasteiger partial charge in [0, 0.05) is 5.38 Å². The first kappa shape index (κ1) is 14.4. The van der Waals surface area contributed by atoms with Crippen molar-refractivity contribution in [2.45, 2.75) is 6.42 Å². The van der Waals surface area contributed by atoms with Crippen LogP contribution < -0.4 is 0 Å². The number of nitrogens with zero attached hydrogens (tertiary/aromatic N) is 2. The van der Waals surface area contributed by atoms with E-state index >= 15 is 0 Å². The van der Waals surface area contributed by atoms with Crippen LogP contribution in [0.5, 0.6) is 0 Å². The van der Waals surface area contributed by atoms with Gasteiger partial charge in [-0.15, -0.1) is 22.7 Å². The molecule has 4 aromatic rings. The third-order valence-electron chi connectivity index (χ3n) is 3.41. The van der Waals surface area contributed by atoms with Crippen molar-refractivity contribution < 1.29 is 8.78 Å². The summed E-state index contributed by atoms with van der Waals surface area (Å²) >= 11 is 3.00. The quantitative estimate of drug-likeness (QED) is 0.505. The summed E-state index contributed by atoms with van der Waals surface area (Å²) in [7, 11) is 0. The third-order valence-corrected chi connectivity index (χ3v) is 5.30. The Hall–Kier alpha value is -2.18. The topological polar surface area (TPSA) is 25.8 Å². The number of hydrogen-bond donors (Lipinski definition) is 0. The minimum atomic E-state index is -0.596. The fourth-order valence-electron chi connectivity index (χ4n) is 2.37. The lowest BCUT2D eigenvalue weighted by atomic mass is 10.1. The van der Waals surface area contributed by atoms with Gasteiger partial charge in [0.25, 0.3) is 0 Å². The predicted molar refractivity (Wildman–Crippen MR) is 89.9 cm³/mol. The molecule has 2 aromatic carbocycles. The highest BCUT2D eigenvalue weighted by atomic mass is 32.1. The lowest BCUT2D eigenvalue weighted by Gasteiger charge is -2.00. The molecular formula is C17H10F2N2S2. The van der Waals surface area contributed by atoms with Gasteiger partial charge in [-0.25, -0.2) is 18.7 Å². The Balaban J connectivity index is 1.65. The molecule has 0 spiro atoms. The Morgan fingerprint density at radius 2 is 1.65 bits per heavy atom. The minimum absolute atomic E-state index is 0.0701. The van der Waals surface area contributed by atoms with Gasteiger partial charge >= 0.3 is 0 Å². The number of aromatic nitrogens is 2. The number of halogens is 2. The average molecular weight is 344 g/mol. The first-order valence-electron chi connectivity index (χ1n) is 6.94. The lowest BCUT2D eigenvalue weighted by Crippen LogP contribution is -1.91. The second-order valence-corrected chi connectivity index (χ2v) is 7.03. The highest BCUT2D eigenvalue weighted by Gasteiger charge is 2.15. The summed E-state index contributed by atoms with van der Waals surface area (Å²) in [6.07, 6.45) is 0.570. The molecule has 4 rings (SSSR count). The van der Waals surface area contributed by atoms with E-state index in [-0.39, 0.29) is 5.56 Å². The van der Waals surface area contributed by atoms with Crippen molar-refractivity contribution >= 4 is 32.9 Å². The molecule has 0 amide bonds. The molecule has 0 saturated carbocycles. The van der Waals surface area contributed by atoms with Crippen molar-refractivity contribution in [3.8, 4) is 11.3 Å². The molecule has 0 radical (unpaired) electrons. The van der Waals surface area contributed by atoms with Crippen LogP contribution in [0.25, 0.3) is 21.5 Å². The molecule has 0 saturated heterocycles. The van der Waals surface area contributed by atoms with Crippen LogP contribution in [0.4, 0.5) is 8.78 Å². The molecular weight excluding hydrogens is 334 g/mol. The van der Waals surface area contributed by atoms with E-state index in [1.807, 2.05) is 24.3 Å². The number of fused-ring (bicyclic) bond motifs is 1. The van der Waals surface area contributed by atoms with Crippen LogP contribution in [-0.2, 0) is 6.42 Å². The van der Waals surface area contributed by atoms with Crippen LogP contribution in [0.3, 0.4) is 0 Å². The molecule has 0 aliphatic heterocycles. The normalized spacial score (nSPS) is 11.2. The summed E-state index contributed by atoms with van der Waals surface area (Å²) in [5.74, 6) is -1.19. The zero-order valence-electron chi connectivity index (χ0n) is 11.8. The number of thiazole rings is 2. The summed E-state index contributed by atoms with van der Waals surface area (Å²) < 4.78 is 28.8. The average Bonchev–Trinajstić information content (AvgIpc) is 3.14. The standard InChI is InChI=1S/C17H10F2N2S2/c18-10-4-3-5-11(19)17(10)13-9-22-15(21-13)8-16-20-12-6-1-2-7-14(12)23-16/h1-7,9H,8H2. The maximum atomic E-state index is 13.8. The van der Waals surface area contributed by atoms with E-state index in [0.29, 0.717) is 12.1 Å². The molecule has 0 aliphatic carbocycles. The molecule has 2 nitrogen and oxygen atoms in total. The van der Waals surface area contributed by atoms with Crippen LogP contribution >= 0.6 is 22.7 Å². The molecule has 0 aliphatic rings. The van der Waals surface area contributed by atoms with E-state index < -0.39 is 11.6 Å². The number of para-hydroxylation sites is 1. The third kappa shape index (κ3) is 2.75. The molecule has 6 heteroatoms. The molecule has 0 atom stereocenters. The van der Waals surface area contributed by atoms with Crippen LogP contribution in [0.1, 0.15) is 10.0 Å². The molecule has 114 valence electrons. The summed E-state index contributed by atoms with van der Waals surface area (Å²) in [6, 6.07) is 11.8. The van der Waals surface area contributed by atoms with Crippen molar-refractivity contribution in [2.24, 2.45) is 0 Å². The van der Waals surface area contributed by atoms with Crippen LogP contribution in [0, 0.1) is 11.6 Å². The van der Waals surface area contributed by atoms with Gasteiger partial charge in [0.05, 0.1) is 27.9 Å². The Morgan fingerprint density at radius 3 is 2.43 bits per heavy atom. The van der Waals surface area contributed by atoms with E-state index in [9.17, 15) is 8.78 Å². The van der Waals surface area contributed by atoms with Gasteiger partial charge < -0.3 is 0 Å². The smallest absolute Gasteiger partial charge is 0.135 e. The largest absolute Gasteiger partial charge is 0.241 e. The van der Waals surface area contributed by atoms with Crippen molar-refractivity contribution in [3.63, 3.8) is 0 Å². The second-order valence-electron chi connectivity index (χ2n) is 4.98. The highest BCUT2D eigenvalue weighted by Crippen LogP contribution is 2.29. The van der Waals surface area contributed by atoms with E-state index in [0.717, 1.165) is 20.2 Å². The first-order chi connectivity index (χ1) is 11.2. The van der Waals surface area contributed by atoms with Crippen molar-refractivity contribution in [1.82, 2.24) is 9.97 Å². The van der Waals surface area contributed by atoms with Gasteiger partial charge in [-0.3, -0.25) is 0 Å². The van der Waals surface area contributed by atoms with Crippen molar-refractivity contribution in [2.75, 3.05) is 0 Å². The molecule has 23 heavy (non-hydrogen) atoms. The van der Waals surface area contributed by atoms with Crippen molar-refractivity contribution in [3.05, 3.63) is 69.5 Å². The summed E-state index contributed by atoms with van der Waals surface area (Å²) in [5.41, 5.74) is 1.23. The maximum Gasteiger partial charge on any atom is 0.135 e. The van der Waals surface area contributed by atoms with E-state index in [2.05, 4.69) is 9.97 Å². The van der Waals surface area contributed by atoms with Gasteiger partial charge in [0.2, 0.25) is 0 Å². The summed E-state index contributed by atoms with van der Waals surface area (Å²) in [4.78, 5) is 8.93. The molecule has 0 unspecified atom stereocenters. The second kappa shape index (κ2) is 5.79. The predicted octanol–water partition coefficient (Wildman–Crippen LogP) is 5.29. The zero-order chi connectivity index (χ0) is 15.8. The fraction of sp³-hybridized carbons (Fsp3) is 0.0588. The van der Waals surface area contributed by atoms with Gasteiger partial charge in [-0.2, -0.15) is 0 Å². The monoisotopic (exact) mass is 344 g/mol. The van der Waals surface area contributed by atoms with Crippen molar-refractivity contribution in [1.29, 1.82) is 0 Å². The van der Waals surface area contributed by atoms with E-state index in [1.54, 1.807) is 16.7 Å². The molecule has 0 N–H and O–H groups in total. The van der Waals surface area contributed by atoms with Gasteiger partial charge in [-0.05, 0) is 24.3 Å². The van der Waals surface area contributed by atoms with Crippen LogP contribution in [0.2, 0.25) is 0 Å². The Labute approximate surface area is 139 Å². The first-order valence-corrected chi connectivity index (χ1v) is 8.63. The molecule has 2 aromatic heterocycles. The molecule has 0 bridgehead atoms. The molecule has 0 fully saturated rings. The zero-order valence-corrected chi connectivity index (χ0v) is 13.4. The minimum Gasteiger partial charge on any atom is -0.241 e. The van der Waals surface area contributed by atoms with E-state index in [1.165, 1.54) is 29.5 Å². The lowest BCUT2D eigenvalue weighted by molar-refractivity contribution is 0.589. The number of rotatable bonds is 3. The maximum absolute atomic E-state index is 13.8. The van der Waals surface area contributed by atoms with Crippen LogP contribution in [0.15, 0.2) is 47.8 Å². The van der Waals surface area contributed by atoms with Crippen LogP contribution in [-0.4, -0.2) is 9.97 Å². The fourth-order valence-corrected chi connectivity index (χ4v) is 4.23. The summed E-state index contributed by atoms with van der Waals surface area (Å²) in [6.45, 7) is 0. The summed E-state index contributed by atoms with van der Waals surface area (Å²) in [5, 5.41) is 3.42. The van der Waals surface area contributed by atoms with Gasteiger partial charge in [-0.1, -0.05) is 18.2 Å². The van der Waals surface area contributed by atoms with Gasteiger partial charge in [0.1, 0.15) is 21.6 Å². The van der Waals surface area contributed by atoms with Gasteiger partial charge in [0.15, 0.2) is 0 Å². The number of hydrogen-bond acceptors (Lipinski definition) is 4. The van der Waals surface area contributed by atoms with E-state index in [4.69, 9.17) is 0 Å². The Morgan fingerprint density at radius 1 is 0.870 bits per heavy atom. The Bertz CT molecular complexity index is 938. The SMILES string of the molecule is Fc1cccc(F)c1-c1csc(Cc2nc3ccccc3s2)n1.